The van der Waals surface area contributed by atoms with Gasteiger partial charge in [-0.1, -0.05) is 19.1 Å². The van der Waals surface area contributed by atoms with Crippen molar-refractivity contribution < 1.29 is 4.79 Å². The van der Waals surface area contributed by atoms with E-state index in [-0.39, 0.29) is 11.3 Å². The minimum atomic E-state index is -0.176. The van der Waals surface area contributed by atoms with Gasteiger partial charge in [-0.25, -0.2) is 0 Å². The summed E-state index contributed by atoms with van der Waals surface area (Å²) >= 11 is 0. The molecule has 1 aliphatic rings. The summed E-state index contributed by atoms with van der Waals surface area (Å²) in [5.41, 5.74) is 16.3. The number of fused-ring (bicyclic) bond motifs is 1. The van der Waals surface area contributed by atoms with Gasteiger partial charge in [0, 0.05) is 35.9 Å². The average molecular weight is 295 g/mol. The molecule has 0 spiro atoms. The lowest BCUT2D eigenvalue weighted by Gasteiger charge is -2.41. The van der Waals surface area contributed by atoms with Crippen molar-refractivity contribution in [1.82, 2.24) is 0 Å². The van der Waals surface area contributed by atoms with Gasteiger partial charge in [-0.3, -0.25) is 4.79 Å². The van der Waals surface area contributed by atoms with Crippen LogP contribution in [0.25, 0.3) is 0 Å². The van der Waals surface area contributed by atoms with Crippen molar-refractivity contribution in [2.45, 2.75) is 25.7 Å². The van der Waals surface area contributed by atoms with Gasteiger partial charge < -0.3 is 16.4 Å². The molecule has 2 aromatic carbocycles. The molecule has 0 bridgehead atoms. The lowest BCUT2D eigenvalue weighted by Crippen LogP contribution is -2.41. The molecule has 1 atom stereocenters. The third-order valence-corrected chi connectivity index (χ3v) is 4.67. The smallest absolute Gasteiger partial charge is 0.223 e. The molecule has 0 radical (unpaired) electrons. The van der Waals surface area contributed by atoms with Crippen LogP contribution in [0.3, 0.4) is 0 Å². The van der Waals surface area contributed by atoms with E-state index in [1.165, 1.54) is 5.56 Å². The summed E-state index contributed by atoms with van der Waals surface area (Å²) in [6, 6.07) is 13.7. The molecule has 0 aromatic heterocycles. The first-order chi connectivity index (χ1) is 10.4. The lowest BCUT2D eigenvalue weighted by molar-refractivity contribution is -0.116. The summed E-state index contributed by atoms with van der Waals surface area (Å²) in [7, 11) is 0. The molecule has 1 unspecified atom stereocenters. The van der Waals surface area contributed by atoms with Gasteiger partial charge in [0.05, 0.1) is 0 Å². The van der Waals surface area contributed by atoms with Crippen LogP contribution in [0.15, 0.2) is 42.5 Å². The quantitative estimate of drug-likeness (QED) is 0.795. The van der Waals surface area contributed by atoms with Crippen LogP contribution in [0, 0.1) is 0 Å². The van der Waals surface area contributed by atoms with E-state index < -0.39 is 0 Å². The number of amides is 1. The number of carbonyl (C=O) groups is 1. The summed E-state index contributed by atoms with van der Waals surface area (Å²) in [6.45, 7) is 4.51. The molecule has 4 N–H and O–H groups in total. The zero-order valence-electron chi connectivity index (χ0n) is 13.0. The van der Waals surface area contributed by atoms with E-state index in [2.05, 4.69) is 19.1 Å². The molecular weight excluding hydrogens is 274 g/mol. The maximum atomic E-state index is 11.9. The predicted octanol–water partition coefficient (Wildman–Crippen LogP) is 2.91. The molecule has 1 aliphatic heterocycles. The van der Waals surface area contributed by atoms with E-state index in [9.17, 15) is 4.79 Å². The highest BCUT2D eigenvalue weighted by Crippen LogP contribution is 2.45. The highest BCUT2D eigenvalue weighted by molar-refractivity contribution is 5.93. The van der Waals surface area contributed by atoms with Crippen LogP contribution < -0.4 is 16.4 Å². The van der Waals surface area contributed by atoms with Crippen molar-refractivity contribution in [3.05, 3.63) is 53.6 Å². The Labute approximate surface area is 130 Å². The van der Waals surface area contributed by atoms with Gasteiger partial charge in [0.25, 0.3) is 0 Å². The van der Waals surface area contributed by atoms with E-state index in [1.54, 1.807) is 6.92 Å². The first kappa shape index (κ1) is 14.4. The molecule has 3 rings (SSSR count). The van der Waals surface area contributed by atoms with E-state index in [1.807, 2.05) is 35.2 Å². The Morgan fingerprint density at radius 1 is 1.09 bits per heavy atom. The fraction of sp³-hybridized carbons (Fsp3) is 0.278. The molecule has 22 heavy (non-hydrogen) atoms. The van der Waals surface area contributed by atoms with Crippen LogP contribution >= 0.6 is 0 Å². The van der Waals surface area contributed by atoms with E-state index in [4.69, 9.17) is 11.5 Å². The topological polar surface area (TPSA) is 72.3 Å². The highest BCUT2D eigenvalue weighted by Gasteiger charge is 2.37. The summed E-state index contributed by atoms with van der Waals surface area (Å²) in [6.07, 6.45) is 0.854. The molecule has 1 amide bonds. The number of hydrogen-bond donors (Lipinski definition) is 2. The summed E-state index contributed by atoms with van der Waals surface area (Å²) in [5.74, 6) is 0.0605. The minimum Gasteiger partial charge on any atom is -0.399 e. The van der Waals surface area contributed by atoms with E-state index >= 15 is 0 Å². The Hall–Kier alpha value is -2.49. The highest BCUT2D eigenvalue weighted by atomic mass is 16.2. The Kier molecular flexibility index (Phi) is 3.32. The van der Waals surface area contributed by atoms with Gasteiger partial charge in [-0.15, -0.1) is 0 Å². The molecule has 0 fully saturated rings. The van der Waals surface area contributed by atoms with Crippen LogP contribution in [0.4, 0.5) is 17.1 Å². The van der Waals surface area contributed by atoms with Crippen molar-refractivity contribution in [2.24, 2.45) is 0 Å². The average Bonchev–Trinajstić information content (AvgIpc) is 2.48. The third-order valence-electron chi connectivity index (χ3n) is 4.67. The largest absolute Gasteiger partial charge is 0.399 e. The molecular formula is C18H21N3O. The van der Waals surface area contributed by atoms with Crippen molar-refractivity contribution in [3.63, 3.8) is 0 Å². The minimum absolute atomic E-state index is 0.0605. The Balaban J connectivity index is 2.18. The van der Waals surface area contributed by atoms with Crippen molar-refractivity contribution in [2.75, 3.05) is 22.9 Å². The molecule has 114 valence electrons. The summed E-state index contributed by atoms with van der Waals surface area (Å²) < 4.78 is 0. The number of benzene rings is 2. The fourth-order valence-corrected chi connectivity index (χ4v) is 3.30. The number of nitrogens with zero attached hydrogens (tertiary/aromatic N) is 1. The van der Waals surface area contributed by atoms with Crippen molar-refractivity contribution >= 4 is 23.0 Å². The molecule has 4 heteroatoms. The number of carbonyl (C=O) groups excluding carboxylic acids is 1. The standard InChI is InChI=1S/C18H21N3O/c1-12(22)21-10-9-18(2,13-3-5-14(19)6-4-13)16-11-15(20)7-8-17(16)21/h3-8,11H,9-10,19-20H2,1-2H3. The Bertz CT molecular complexity index is 724. The van der Waals surface area contributed by atoms with Crippen LogP contribution in [-0.2, 0) is 10.2 Å². The molecule has 0 saturated carbocycles. The van der Waals surface area contributed by atoms with Crippen LogP contribution in [0.5, 0.6) is 0 Å². The second kappa shape index (κ2) is 5.05. The van der Waals surface area contributed by atoms with Crippen LogP contribution in [0.1, 0.15) is 31.4 Å². The number of anilines is 3. The lowest BCUT2D eigenvalue weighted by atomic mass is 9.70. The summed E-state index contributed by atoms with van der Waals surface area (Å²) in [5, 5.41) is 0. The normalized spacial score (nSPS) is 20.5. The number of rotatable bonds is 1. The molecule has 0 aliphatic carbocycles. The van der Waals surface area contributed by atoms with Gasteiger partial charge in [0.2, 0.25) is 5.91 Å². The zero-order valence-corrected chi connectivity index (χ0v) is 13.0. The number of nitrogen functional groups attached to an aromatic ring is 2. The van der Waals surface area contributed by atoms with Crippen molar-refractivity contribution in [1.29, 1.82) is 0 Å². The fourth-order valence-electron chi connectivity index (χ4n) is 3.30. The van der Waals surface area contributed by atoms with Gasteiger partial charge >= 0.3 is 0 Å². The van der Waals surface area contributed by atoms with Gasteiger partial charge in [0.15, 0.2) is 0 Å². The SMILES string of the molecule is CC(=O)N1CCC(C)(c2ccc(N)cc2)c2cc(N)ccc21. The molecule has 4 nitrogen and oxygen atoms in total. The first-order valence-corrected chi connectivity index (χ1v) is 7.46. The maximum Gasteiger partial charge on any atom is 0.223 e. The van der Waals surface area contributed by atoms with Gasteiger partial charge in [-0.05, 0) is 47.9 Å². The first-order valence-electron chi connectivity index (χ1n) is 7.46. The van der Waals surface area contributed by atoms with E-state index in [0.29, 0.717) is 12.2 Å². The third kappa shape index (κ3) is 2.21. The molecule has 0 saturated heterocycles. The van der Waals surface area contributed by atoms with Gasteiger partial charge in [-0.2, -0.15) is 0 Å². The van der Waals surface area contributed by atoms with Crippen LogP contribution in [0.2, 0.25) is 0 Å². The zero-order chi connectivity index (χ0) is 15.9. The van der Waals surface area contributed by atoms with E-state index in [0.717, 1.165) is 23.4 Å². The van der Waals surface area contributed by atoms with Crippen molar-refractivity contribution in [3.8, 4) is 0 Å². The second-order valence-corrected chi connectivity index (χ2v) is 6.15. The number of hydrogen-bond acceptors (Lipinski definition) is 3. The predicted molar refractivity (Wildman–Crippen MR) is 90.8 cm³/mol. The maximum absolute atomic E-state index is 11.9. The Morgan fingerprint density at radius 3 is 2.36 bits per heavy atom. The van der Waals surface area contributed by atoms with Crippen LogP contribution in [-0.4, -0.2) is 12.5 Å². The molecule has 2 aromatic rings. The van der Waals surface area contributed by atoms with Gasteiger partial charge in [0.1, 0.15) is 0 Å². The monoisotopic (exact) mass is 295 g/mol. The number of nitrogens with two attached hydrogens (primary N) is 2. The second-order valence-electron chi connectivity index (χ2n) is 6.15. The summed E-state index contributed by atoms with van der Waals surface area (Å²) in [4.78, 5) is 13.7. The Morgan fingerprint density at radius 2 is 1.73 bits per heavy atom. The molecule has 1 heterocycles.